The van der Waals surface area contributed by atoms with Gasteiger partial charge in [-0.1, -0.05) is 0 Å². The number of carbonyl (C=O) groups is 1. The number of aliphatic hydroxyl groups is 1. The number of aliphatic hydroxyl groups excluding tert-OH is 1. The molecule has 20 heavy (non-hydrogen) atoms. The third-order valence-electron chi connectivity index (χ3n) is 3.48. The minimum absolute atomic E-state index is 0.000153. The topological polar surface area (TPSA) is 84.1 Å². The molecule has 1 fully saturated rings. The van der Waals surface area contributed by atoms with Crippen molar-refractivity contribution in [2.75, 3.05) is 13.1 Å². The molecule has 1 N–H and O–H groups in total. The summed E-state index contributed by atoms with van der Waals surface area (Å²) in [5.41, 5.74) is 1.44. The fourth-order valence-electron chi connectivity index (χ4n) is 2.29. The highest BCUT2D eigenvalue weighted by atomic mass is 16.3. The van der Waals surface area contributed by atoms with Crippen LogP contribution in [-0.4, -0.2) is 55.3 Å². The Balaban J connectivity index is 1.73. The number of amides is 1. The summed E-state index contributed by atoms with van der Waals surface area (Å²) in [6.07, 6.45) is 2.52. The van der Waals surface area contributed by atoms with Gasteiger partial charge in [-0.15, -0.1) is 5.10 Å². The Labute approximate surface area is 115 Å². The molecule has 0 bridgehead atoms. The van der Waals surface area contributed by atoms with Gasteiger partial charge < -0.3 is 10.0 Å². The lowest BCUT2D eigenvalue weighted by Crippen LogP contribution is -2.40. The zero-order chi connectivity index (χ0) is 13.9. The van der Waals surface area contributed by atoms with E-state index >= 15 is 0 Å². The number of likely N-dealkylation sites (tertiary alicyclic amines) is 1. The van der Waals surface area contributed by atoms with Crippen molar-refractivity contribution < 1.29 is 9.90 Å². The van der Waals surface area contributed by atoms with E-state index in [4.69, 9.17) is 0 Å². The molecule has 0 spiro atoms. The van der Waals surface area contributed by atoms with Gasteiger partial charge in [0.25, 0.3) is 5.91 Å². The summed E-state index contributed by atoms with van der Waals surface area (Å²) in [5.74, 6) is 0.000153. The van der Waals surface area contributed by atoms with E-state index in [0.29, 0.717) is 31.5 Å². The van der Waals surface area contributed by atoms with Crippen LogP contribution < -0.4 is 0 Å². The first-order chi connectivity index (χ1) is 9.74. The molecule has 0 atom stereocenters. The van der Waals surface area contributed by atoms with E-state index in [0.717, 1.165) is 5.69 Å². The highest BCUT2D eigenvalue weighted by Crippen LogP contribution is 2.15. The van der Waals surface area contributed by atoms with E-state index in [2.05, 4.69) is 15.5 Å². The predicted octanol–water partition coefficient (Wildman–Crippen LogP) is 0.259. The molecule has 104 valence electrons. The van der Waals surface area contributed by atoms with E-state index in [-0.39, 0.29) is 12.0 Å². The molecule has 1 amide bonds. The van der Waals surface area contributed by atoms with Crippen molar-refractivity contribution >= 4 is 5.91 Å². The van der Waals surface area contributed by atoms with Crippen LogP contribution in [-0.2, 0) is 0 Å². The van der Waals surface area contributed by atoms with Crippen LogP contribution in [0.3, 0.4) is 0 Å². The van der Waals surface area contributed by atoms with Crippen LogP contribution in [0.5, 0.6) is 0 Å². The highest BCUT2D eigenvalue weighted by molar-refractivity contribution is 5.94. The molecule has 7 nitrogen and oxygen atoms in total. The lowest BCUT2D eigenvalue weighted by Gasteiger charge is -2.29. The Morgan fingerprint density at radius 3 is 2.50 bits per heavy atom. The van der Waals surface area contributed by atoms with Gasteiger partial charge in [0.2, 0.25) is 0 Å². The normalized spacial score (nSPS) is 16.4. The van der Waals surface area contributed by atoms with Crippen LogP contribution in [0, 0.1) is 0 Å². The van der Waals surface area contributed by atoms with Crippen molar-refractivity contribution in [3.8, 4) is 5.69 Å². The first-order valence-corrected chi connectivity index (χ1v) is 6.55. The quantitative estimate of drug-likeness (QED) is 0.848. The van der Waals surface area contributed by atoms with Crippen LogP contribution in [0.25, 0.3) is 5.69 Å². The fourth-order valence-corrected chi connectivity index (χ4v) is 2.29. The standard InChI is InChI=1S/C13H15N5O2/c19-12-5-7-17(8-6-12)13(20)10-1-3-11(4-2-10)18-9-14-15-16-18/h1-4,9,12,19H,5-8H2. The molecule has 1 saturated heterocycles. The van der Waals surface area contributed by atoms with E-state index in [1.54, 1.807) is 17.0 Å². The molecule has 1 aromatic heterocycles. The maximum atomic E-state index is 12.3. The maximum absolute atomic E-state index is 12.3. The highest BCUT2D eigenvalue weighted by Gasteiger charge is 2.22. The third-order valence-corrected chi connectivity index (χ3v) is 3.48. The largest absolute Gasteiger partial charge is 0.393 e. The smallest absolute Gasteiger partial charge is 0.253 e. The van der Waals surface area contributed by atoms with Gasteiger partial charge in [-0.05, 0) is 47.5 Å². The molecule has 0 unspecified atom stereocenters. The first-order valence-electron chi connectivity index (χ1n) is 6.55. The monoisotopic (exact) mass is 273 g/mol. The van der Waals surface area contributed by atoms with E-state index in [9.17, 15) is 9.90 Å². The van der Waals surface area contributed by atoms with Crippen LogP contribution in [0.1, 0.15) is 23.2 Å². The van der Waals surface area contributed by atoms with Gasteiger partial charge in [-0.3, -0.25) is 4.79 Å². The van der Waals surface area contributed by atoms with Gasteiger partial charge in [0.15, 0.2) is 0 Å². The lowest BCUT2D eigenvalue weighted by atomic mass is 10.1. The Morgan fingerprint density at radius 1 is 1.20 bits per heavy atom. The van der Waals surface area contributed by atoms with E-state index in [1.165, 1.54) is 11.0 Å². The third kappa shape index (κ3) is 2.53. The van der Waals surface area contributed by atoms with Gasteiger partial charge in [-0.25, -0.2) is 4.68 Å². The fraction of sp³-hybridized carbons (Fsp3) is 0.385. The number of hydrogen-bond donors (Lipinski definition) is 1. The Bertz CT molecular complexity index is 573. The molecule has 1 aliphatic rings. The molecule has 0 aliphatic carbocycles. The SMILES string of the molecule is O=C(c1ccc(-n2cnnn2)cc1)N1CCC(O)CC1. The Hall–Kier alpha value is -2.28. The molecule has 1 aliphatic heterocycles. The van der Waals surface area contributed by atoms with Crippen molar-refractivity contribution in [1.82, 2.24) is 25.1 Å². The van der Waals surface area contributed by atoms with Gasteiger partial charge >= 0.3 is 0 Å². The summed E-state index contributed by atoms with van der Waals surface area (Å²) in [6.45, 7) is 1.21. The maximum Gasteiger partial charge on any atom is 0.253 e. The summed E-state index contributed by atoms with van der Waals surface area (Å²) in [4.78, 5) is 14.1. The van der Waals surface area contributed by atoms with Gasteiger partial charge in [0.05, 0.1) is 11.8 Å². The summed E-state index contributed by atoms with van der Waals surface area (Å²) < 4.78 is 1.53. The average molecular weight is 273 g/mol. The molecule has 2 heterocycles. The summed E-state index contributed by atoms with van der Waals surface area (Å²) >= 11 is 0. The zero-order valence-electron chi connectivity index (χ0n) is 10.9. The van der Waals surface area contributed by atoms with Gasteiger partial charge in [0, 0.05) is 18.7 Å². The second-order valence-corrected chi connectivity index (χ2v) is 4.82. The summed E-state index contributed by atoms with van der Waals surface area (Å²) in [7, 11) is 0. The average Bonchev–Trinajstić information content (AvgIpc) is 3.02. The second-order valence-electron chi connectivity index (χ2n) is 4.82. The number of piperidine rings is 1. The Morgan fingerprint density at radius 2 is 1.90 bits per heavy atom. The molecule has 3 rings (SSSR count). The first kappa shape index (κ1) is 12.7. The Kier molecular flexibility index (Phi) is 3.42. The van der Waals surface area contributed by atoms with Crippen molar-refractivity contribution in [2.24, 2.45) is 0 Å². The van der Waals surface area contributed by atoms with Crippen molar-refractivity contribution in [3.63, 3.8) is 0 Å². The number of benzene rings is 1. The van der Waals surface area contributed by atoms with Crippen LogP contribution in [0.4, 0.5) is 0 Å². The number of carbonyl (C=O) groups excluding carboxylic acids is 1. The van der Waals surface area contributed by atoms with Crippen molar-refractivity contribution in [2.45, 2.75) is 18.9 Å². The van der Waals surface area contributed by atoms with Crippen LogP contribution in [0.2, 0.25) is 0 Å². The molecule has 2 aromatic rings. The molecule has 0 saturated carbocycles. The van der Waals surface area contributed by atoms with Gasteiger partial charge in [0.1, 0.15) is 6.33 Å². The second kappa shape index (κ2) is 5.38. The zero-order valence-corrected chi connectivity index (χ0v) is 10.9. The number of tetrazole rings is 1. The minimum Gasteiger partial charge on any atom is -0.393 e. The van der Waals surface area contributed by atoms with E-state index in [1.807, 2.05) is 12.1 Å². The van der Waals surface area contributed by atoms with Crippen LogP contribution >= 0.6 is 0 Å². The van der Waals surface area contributed by atoms with E-state index < -0.39 is 0 Å². The predicted molar refractivity (Wildman–Crippen MR) is 70.3 cm³/mol. The lowest BCUT2D eigenvalue weighted by molar-refractivity contribution is 0.0546. The molecular weight excluding hydrogens is 258 g/mol. The minimum atomic E-state index is -0.277. The number of rotatable bonds is 2. The van der Waals surface area contributed by atoms with Gasteiger partial charge in [-0.2, -0.15) is 0 Å². The van der Waals surface area contributed by atoms with Crippen molar-refractivity contribution in [3.05, 3.63) is 36.2 Å². The molecule has 0 radical (unpaired) electrons. The summed E-state index contributed by atoms with van der Waals surface area (Å²) in [6, 6.07) is 7.15. The van der Waals surface area contributed by atoms with Crippen LogP contribution in [0.15, 0.2) is 30.6 Å². The number of nitrogens with zero attached hydrogens (tertiary/aromatic N) is 5. The number of aromatic nitrogens is 4. The molecule has 1 aromatic carbocycles. The number of hydrogen-bond acceptors (Lipinski definition) is 5. The molecular formula is C13H15N5O2. The van der Waals surface area contributed by atoms with Crippen molar-refractivity contribution in [1.29, 1.82) is 0 Å². The molecule has 7 heteroatoms. The summed E-state index contributed by atoms with van der Waals surface area (Å²) in [5, 5.41) is 20.4.